The number of anilines is 1. The van der Waals surface area contributed by atoms with Crippen LogP contribution < -0.4 is 14.8 Å². The Bertz CT molecular complexity index is 405. The Balaban J connectivity index is 2.09. The summed E-state index contributed by atoms with van der Waals surface area (Å²) in [4.78, 5) is 11.9. The largest absolute Gasteiger partial charge is 0.497 e. The van der Waals surface area contributed by atoms with Gasteiger partial charge < -0.3 is 19.5 Å². The molecule has 18 heavy (non-hydrogen) atoms. The van der Waals surface area contributed by atoms with Crippen LogP contribution in [-0.4, -0.2) is 32.8 Å². The van der Waals surface area contributed by atoms with Gasteiger partial charge in [0.1, 0.15) is 17.6 Å². The van der Waals surface area contributed by atoms with Gasteiger partial charge in [-0.3, -0.25) is 4.79 Å². The van der Waals surface area contributed by atoms with Gasteiger partial charge in [-0.2, -0.15) is 0 Å². The molecule has 0 aromatic heterocycles. The number of nitrogens with one attached hydrogen (secondary N) is 1. The van der Waals surface area contributed by atoms with Gasteiger partial charge in [0.25, 0.3) is 5.91 Å². The molecule has 1 aromatic carbocycles. The van der Waals surface area contributed by atoms with E-state index < -0.39 is 0 Å². The Labute approximate surface area is 106 Å². The van der Waals surface area contributed by atoms with E-state index in [1.807, 2.05) is 0 Å². The summed E-state index contributed by atoms with van der Waals surface area (Å²) in [5.74, 6) is 1.15. The molecule has 0 radical (unpaired) electrons. The highest BCUT2D eigenvalue weighted by Crippen LogP contribution is 2.26. The summed E-state index contributed by atoms with van der Waals surface area (Å²) in [5, 5.41) is 2.81. The van der Waals surface area contributed by atoms with Gasteiger partial charge in [0.2, 0.25) is 0 Å². The van der Waals surface area contributed by atoms with Crippen molar-refractivity contribution < 1.29 is 19.0 Å². The second-order valence-electron chi connectivity index (χ2n) is 4.09. The quantitative estimate of drug-likeness (QED) is 0.886. The van der Waals surface area contributed by atoms with Crippen molar-refractivity contribution in [2.75, 3.05) is 26.1 Å². The van der Waals surface area contributed by atoms with Crippen LogP contribution in [0, 0.1) is 0 Å². The standard InChI is InChI=1S/C13H17NO4/c1-16-10-6-9(7-11(8-10)17-2)14-13(15)12-4-3-5-18-12/h6-8,12H,3-5H2,1-2H3,(H,14,15)/t12-/m0/s1. The highest BCUT2D eigenvalue weighted by Gasteiger charge is 2.23. The molecule has 0 spiro atoms. The van der Waals surface area contributed by atoms with Crippen LogP contribution in [0.3, 0.4) is 0 Å². The molecule has 1 aliphatic rings. The molecule has 1 saturated heterocycles. The second kappa shape index (κ2) is 5.73. The minimum absolute atomic E-state index is 0.122. The Hall–Kier alpha value is -1.75. The number of rotatable bonds is 4. The van der Waals surface area contributed by atoms with Crippen molar-refractivity contribution in [2.45, 2.75) is 18.9 Å². The zero-order valence-electron chi connectivity index (χ0n) is 10.6. The number of methoxy groups -OCH3 is 2. The minimum atomic E-state index is -0.345. The van der Waals surface area contributed by atoms with Crippen LogP contribution in [0.5, 0.6) is 11.5 Å². The Morgan fingerprint density at radius 1 is 1.28 bits per heavy atom. The van der Waals surface area contributed by atoms with Crippen LogP contribution >= 0.6 is 0 Å². The average molecular weight is 251 g/mol. The maximum Gasteiger partial charge on any atom is 0.253 e. The van der Waals surface area contributed by atoms with E-state index in [0.717, 1.165) is 12.8 Å². The first-order valence-electron chi connectivity index (χ1n) is 5.88. The molecular weight excluding hydrogens is 234 g/mol. The van der Waals surface area contributed by atoms with E-state index in [1.54, 1.807) is 32.4 Å². The maximum absolute atomic E-state index is 11.9. The molecule has 1 heterocycles. The lowest BCUT2D eigenvalue weighted by atomic mass is 10.2. The van der Waals surface area contributed by atoms with Crippen molar-refractivity contribution in [2.24, 2.45) is 0 Å². The molecule has 1 aliphatic heterocycles. The minimum Gasteiger partial charge on any atom is -0.497 e. The summed E-state index contributed by atoms with van der Waals surface area (Å²) in [6.45, 7) is 0.652. The normalized spacial score (nSPS) is 18.4. The fourth-order valence-electron chi connectivity index (χ4n) is 1.89. The van der Waals surface area contributed by atoms with Crippen molar-refractivity contribution in [3.63, 3.8) is 0 Å². The first-order valence-corrected chi connectivity index (χ1v) is 5.88. The Morgan fingerprint density at radius 3 is 2.44 bits per heavy atom. The summed E-state index contributed by atoms with van der Waals surface area (Å²) in [6, 6.07) is 5.24. The summed E-state index contributed by atoms with van der Waals surface area (Å²) in [6.07, 6.45) is 1.36. The van der Waals surface area contributed by atoms with Crippen molar-refractivity contribution in [3.8, 4) is 11.5 Å². The van der Waals surface area contributed by atoms with Gasteiger partial charge in [0.05, 0.1) is 14.2 Å². The lowest BCUT2D eigenvalue weighted by Gasteiger charge is -2.12. The molecule has 98 valence electrons. The highest BCUT2D eigenvalue weighted by molar-refractivity contribution is 5.94. The third-order valence-corrected chi connectivity index (χ3v) is 2.84. The smallest absolute Gasteiger partial charge is 0.253 e. The lowest BCUT2D eigenvalue weighted by molar-refractivity contribution is -0.124. The van der Waals surface area contributed by atoms with E-state index >= 15 is 0 Å². The molecule has 1 amide bonds. The van der Waals surface area contributed by atoms with E-state index in [1.165, 1.54) is 0 Å². The summed E-state index contributed by atoms with van der Waals surface area (Å²) < 4.78 is 15.6. The van der Waals surface area contributed by atoms with Crippen molar-refractivity contribution >= 4 is 11.6 Å². The number of ether oxygens (including phenoxy) is 3. The van der Waals surface area contributed by atoms with Gasteiger partial charge in [0, 0.05) is 30.5 Å². The molecule has 5 heteroatoms. The van der Waals surface area contributed by atoms with E-state index in [2.05, 4.69) is 5.32 Å². The maximum atomic E-state index is 11.9. The number of carbonyl (C=O) groups excluding carboxylic acids is 1. The molecule has 1 aromatic rings. The van der Waals surface area contributed by atoms with Crippen LogP contribution in [0.4, 0.5) is 5.69 Å². The Morgan fingerprint density at radius 2 is 1.94 bits per heavy atom. The zero-order valence-corrected chi connectivity index (χ0v) is 10.6. The molecule has 1 N–H and O–H groups in total. The van der Waals surface area contributed by atoms with Crippen LogP contribution in [0.25, 0.3) is 0 Å². The van der Waals surface area contributed by atoms with Crippen molar-refractivity contribution in [1.29, 1.82) is 0 Å². The van der Waals surface area contributed by atoms with E-state index in [-0.39, 0.29) is 12.0 Å². The Kier molecular flexibility index (Phi) is 4.04. The number of hydrogen-bond donors (Lipinski definition) is 1. The third-order valence-electron chi connectivity index (χ3n) is 2.84. The predicted octanol–water partition coefficient (Wildman–Crippen LogP) is 1.82. The molecule has 0 bridgehead atoms. The fourth-order valence-corrected chi connectivity index (χ4v) is 1.89. The summed E-state index contributed by atoms with van der Waals surface area (Å²) in [5.41, 5.74) is 0.645. The van der Waals surface area contributed by atoms with Gasteiger partial charge in [-0.05, 0) is 12.8 Å². The molecular formula is C13H17NO4. The first kappa shape index (κ1) is 12.7. The zero-order chi connectivity index (χ0) is 13.0. The molecule has 0 unspecified atom stereocenters. The molecule has 1 atom stereocenters. The topological polar surface area (TPSA) is 56.8 Å². The van der Waals surface area contributed by atoms with Gasteiger partial charge in [-0.25, -0.2) is 0 Å². The summed E-state index contributed by atoms with van der Waals surface area (Å²) in [7, 11) is 3.14. The van der Waals surface area contributed by atoms with Crippen LogP contribution in [0.1, 0.15) is 12.8 Å². The van der Waals surface area contributed by atoms with Crippen molar-refractivity contribution in [3.05, 3.63) is 18.2 Å². The van der Waals surface area contributed by atoms with E-state index in [9.17, 15) is 4.79 Å². The van der Waals surface area contributed by atoms with E-state index in [4.69, 9.17) is 14.2 Å². The van der Waals surface area contributed by atoms with Gasteiger partial charge >= 0.3 is 0 Å². The van der Waals surface area contributed by atoms with Crippen LogP contribution in [-0.2, 0) is 9.53 Å². The molecule has 0 aliphatic carbocycles. The number of hydrogen-bond acceptors (Lipinski definition) is 4. The molecule has 0 saturated carbocycles. The second-order valence-corrected chi connectivity index (χ2v) is 4.09. The number of carbonyl (C=O) groups is 1. The summed E-state index contributed by atoms with van der Waals surface area (Å²) >= 11 is 0. The predicted molar refractivity (Wildman–Crippen MR) is 67.1 cm³/mol. The SMILES string of the molecule is COc1cc(NC(=O)[C@@H]2CCCO2)cc(OC)c1. The van der Waals surface area contributed by atoms with Gasteiger partial charge in [-0.1, -0.05) is 0 Å². The monoisotopic (exact) mass is 251 g/mol. The molecule has 1 fully saturated rings. The number of benzene rings is 1. The van der Waals surface area contributed by atoms with Crippen molar-refractivity contribution in [1.82, 2.24) is 0 Å². The molecule has 2 rings (SSSR count). The van der Waals surface area contributed by atoms with Crippen LogP contribution in [0.15, 0.2) is 18.2 Å². The average Bonchev–Trinajstić information content (AvgIpc) is 2.92. The number of amides is 1. The van der Waals surface area contributed by atoms with Crippen LogP contribution in [0.2, 0.25) is 0 Å². The van der Waals surface area contributed by atoms with E-state index in [0.29, 0.717) is 23.8 Å². The fraction of sp³-hybridized carbons (Fsp3) is 0.462. The third kappa shape index (κ3) is 2.92. The van der Waals surface area contributed by atoms with Gasteiger partial charge in [0.15, 0.2) is 0 Å². The lowest BCUT2D eigenvalue weighted by Crippen LogP contribution is -2.26. The first-order chi connectivity index (χ1) is 8.72. The highest BCUT2D eigenvalue weighted by atomic mass is 16.5. The molecule has 5 nitrogen and oxygen atoms in total. The van der Waals surface area contributed by atoms with Gasteiger partial charge in [-0.15, -0.1) is 0 Å².